The van der Waals surface area contributed by atoms with Gasteiger partial charge in [0.15, 0.2) is 0 Å². The lowest BCUT2D eigenvalue weighted by Gasteiger charge is -2.19. The smallest absolute Gasteiger partial charge is 0.224 e. The van der Waals surface area contributed by atoms with Crippen LogP contribution in [0, 0.1) is 6.92 Å². The van der Waals surface area contributed by atoms with E-state index in [4.69, 9.17) is 9.47 Å². The maximum absolute atomic E-state index is 12.2. The van der Waals surface area contributed by atoms with Crippen molar-refractivity contribution in [3.8, 4) is 5.75 Å². The fourth-order valence-corrected chi connectivity index (χ4v) is 3.69. The quantitative estimate of drug-likeness (QED) is 0.869. The Bertz CT molecular complexity index is 855. The molecule has 1 atom stereocenters. The van der Waals surface area contributed by atoms with Gasteiger partial charge in [-0.25, -0.2) is 9.97 Å². The van der Waals surface area contributed by atoms with Gasteiger partial charge in [0.2, 0.25) is 5.91 Å². The van der Waals surface area contributed by atoms with Crippen LogP contribution in [0.25, 0.3) is 0 Å². The predicted molar refractivity (Wildman–Crippen MR) is 101 cm³/mol. The largest absolute Gasteiger partial charge is 0.487 e. The molecule has 0 saturated carbocycles. The summed E-state index contributed by atoms with van der Waals surface area (Å²) in [6.07, 6.45) is 1.18. The van der Waals surface area contributed by atoms with Crippen molar-refractivity contribution >= 4 is 11.7 Å². The van der Waals surface area contributed by atoms with Gasteiger partial charge < -0.3 is 19.7 Å². The van der Waals surface area contributed by atoms with Crippen LogP contribution >= 0.6 is 0 Å². The number of fused-ring (bicyclic) bond motifs is 2. The first-order chi connectivity index (χ1) is 13.1. The van der Waals surface area contributed by atoms with E-state index in [1.165, 1.54) is 0 Å². The Hall–Kier alpha value is -2.67. The maximum Gasteiger partial charge on any atom is 0.224 e. The summed E-state index contributed by atoms with van der Waals surface area (Å²) in [5.41, 5.74) is 3.08. The van der Waals surface area contributed by atoms with Crippen LogP contribution in [-0.2, 0) is 22.6 Å². The molecule has 1 saturated heterocycles. The lowest BCUT2D eigenvalue weighted by Crippen LogP contribution is -2.31. The third-order valence-electron chi connectivity index (χ3n) is 5.03. The van der Waals surface area contributed by atoms with Gasteiger partial charge in [0.05, 0.1) is 18.3 Å². The van der Waals surface area contributed by atoms with Crippen molar-refractivity contribution in [3.05, 3.63) is 46.9 Å². The average molecular weight is 368 g/mol. The molecule has 1 fully saturated rings. The molecule has 3 heterocycles. The monoisotopic (exact) mass is 368 g/mol. The molecule has 1 amide bonds. The Labute approximate surface area is 158 Å². The van der Waals surface area contributed by atoms with E-state index in [0.717, 1.165) is 28.4 Å². The Morgan fingerprint density at radius 1 is 1.33 bits per heavy atom. The van der Waals surface area contributed by atoms with E-state index in [0.29, 0.717) is 45.0 Å². The third-order valence-corrected chi connectivity index (χ3v) is 5.03. The Kier molecular flexibility index (Phi) is 4.94. The molecule has 0 bridgehead atoms. The number of likely N-dealkylation sites (tertiary alicyclic amines) is 1. The van der Waals surface area contributed by atoms with Crippen molar-refractivity contribution in [2.45, 2.75) is 32.4 Å². The first-order valence-corrected chi connectivity index (χ1v) is 9.24. The molecular formula is C20H24N4O3. The van der Waals surface area contributed by atoms with Crippen LogP contribution in [0.3, 0.4) is 0 Å². The summed E-state index contributed by atoms with van der Waals surface area (Å²) in [6.45, 7) is 4.14. The standard InChI is InChI=1S/C20H24N4O3/c1-13-21-17-12-27-18-6-4-3-5-14(18)9-16(17)20(22-13)23-15-10-19(25)24(11-15)7-8-26-2/h3-6,15H,7-12H2,1-2H3,(H,21,22,23). The van der Waals surface area contributed by atoms with E-state index < -0.39 is 0 Å². The maximum atomic E-state index is 12.2. The van der Waals surface area contributed by atoms with E-state index in [2.05, 4.69) is 21.4 Å². The molecule has 1 N–H and O–H groups in total. The molecular weight excluding hydrogens is 344 g/mol. The van der Waals surface area contributed by atoms with E-state index in [1.807, 2.05) is 30.0 Å². The van der Waals surface area contributed by atoms with Gasteiger partial charge in [-0.15, -0.1) is 0 Å². The summed E-state index contributed by atoms with van der Waals surface area (Å²) in [5, 5.41) is 3.50. The third kappa shape index (κ3) is 3.73. The number of para-hydroxylation sites is 1. The number of aromatic nitrogens is 2. The van der Waals surface area contributed by atoms with Crippen LogP contribution in [0.5, 0.6) is 5.75 Å². The molecule has 1 aromatic heterocycles. The zero-order chi connectivity index (χ0) is 18.8. The molecule has 142 valence electrons. The molecule has 7 nitrogen and oxygen atoms in total. The summed E-state index contributed by atoms with van der Waals surface area (Å²) in [6, 6.07) is 8.08. The number of methoxy groups -OCH3 is 1. The fraction of sp³-hybridized carbons (Fsp3) is 0.450. The van der Waals surface area contributed by atoms with Gasteiger partial charge >= 0.3 is 0 Å². The van der Waals surface area contributed by atoms with Crippen LogP contribution in [0.4, 0.5) is 5.82 Å². The van der Waals surface area contributed by atoms with Crippen molar-refractivity contribution in [1.29, 1.82) is 0 Å². The summed E-state index contributed by atoms with van der Waals surface area (Å²) in [5.74, 6) is 2.55. The molecule has 7 heteroatoms. The number of hydrogen-bond acceptors (Lipinski definition) is 6. The molecule has 27 heavy (non-hydrogen) atoms. The molecule has 0 spiro atoms. The Balaban J connectivity index is 1.58. The molecule has 2 aliphatic heterocycles. The lowest BCUT2D eigenvalue weighted by atomic mass is 10.0. The Morgan fingerprint density at radius 3 is 3.04 bits per heavy atom. The molecule has 2 aromatic rings. The minimum absolute atomic E-state index is 0.0344. The summed E-state index contributed by atoms with van der Waals surface area (Å²) >= 11 is 0. The SMILES string of the molecule is COCCN1CC(Nc2nc(C)nc3c2Cc2ccccc2OC3)CC1=O. The first kappa shape index (κ1) is 17.7. The average Bonchev–Trinajstić information content (AvgIpc) is 2.88. The highest BCUT2D eigenvalue weighted by Crippen LogP contribution is 2.31. The second kappa shape index (κ2) is 7.52. The van der Waals surface area contributed by atoms with Crippen LogP contribution in [0.15, 0.2) is 24.3 Å². The molecule has 4 rings (SSSR count). The molecule has 0 aliphatic carbocycles. The van der Waals surface area contributed by atoms with Crippen molar-refractivity contribution in [3.63, 3.8) is 0 Å². The number of ether oxygens (including phenoxy) is 2. The lowest BCUT2D eigenvalue weighted by molar-refractivity contribution is -0.128. The van der Waals surface area contributed by atoms with Crippen molar-refractivity contribution < 1.29 is 14.3 Å². The van der Waals surface area contributed by atoms with Gasteiger partial charge in [0.1, 0.15) is 24.0 Å². The predicted octanol–water partition coefficient (Wildman–Crippen LogP) is 1.93. The normalized spacial score (nSPS) is 18.5. The zero-order valence-electron chi connectivity index (χ0n) is 15.7. The van der Waals surface area contributed by atoms with Crippen LogP contribution < -0.4 is 10.1 Å². The zero-order valence-corrected chi connectivity index (χ0v) is 15.7. The number of rotatable bonds is 5. The van der Waals surface area contributed by atoms with Crippen LogP contribution in [0.1, 0.15) is 29.1 Å². The summed E-state index contributed by atoms with van der Waals surface area (Å²) < 4.78 is 11.0. The van der Waals surface area contributed by atoms with Gasteiger partial charge in [0.25, 0.3) is 0 Å². The van der Waals surface area contributed by atoms with Gasteiger partial charge in [-0.2, -0.15) is 0 Å². The fourth-order valence-electron chi connectivity index (χ4n) is 3.69. The van der Waals surface area contributed by atoms with Crippen molar-refractivity contribution in [1.82, 2.24) is 14.9 Å². The molecule has 1 aromatic carbocycles. The van der Waals surface area contributed by atoms with E-state index in [-0.39, 0.29) is 11.9 Å². The van der Waals surface area contributed by atoms with E-state index in [9.17, 15) is 4.79 Å². The number of anilines is 1. The number of nitrogens with zero attached hydrogens (tertiary/aromatic N) is 3. The van der Waals surface area contributed by atoms with Gasteiger partial charge in [-0.1, -0.05) is 18.2 Å². The molecule has 1 unspecified atom stereocenters. The minimum Gasteiger partial charge on any atom is -0.487 e. The number of hydrogen-bond donors (Lipinski definition) is 1. The van der Waals surface area contributed by atoms with Crippen LogP contribution in [-0.4, -0.2) is 53.6 Å². The Morgan fingerprint density at radius 2 is 2.19 bits per heavy atom. The molecule has 2 aliphatic rings. The van der Waals surface area contributed by atoms with E-state index in [1.54, 1.807) is 7.11 Å². The van der Waals surface area contributed by atoms with Crippen LogP contribution in [0.2, 0.25) is 0 Å². The van der Waals surface area contributed by atoms with Crippen molar-refractivity contribution in [2.24, 2.45) is 0 Å². The number of nitrogens with one attached hydrogen (secondary N) is 1. The summed E-state index contributed by atoms with van der Waals surface area (Å²) in [7, 11) is 1.65. The van der Waals surface area contributed by atoms with Gasteiger partial charge in [0, 0.05) is 38.6 Å². The number of benzene rings is 1. The number of amides is 1. The number of aryl methyl sites for hydroxylation is 1. The number of carbonyl (C=O) groups excluding carboxylic acids is 1. The molecule has 0 radical (unpaired) electrons. The highest BCUT2D eigenvalue weighted by molar-refractivity contribution is 5.80. The van der Waals surface area contributed by atoms with Crippen molar-refractivity contribution in [2.75, 3.05) is 32.1 Å². The highest BCUT2D eigenvalue weighted by Gasteiger charge is 2.30. The number of carbonyl (C=O) groups is 1. The first-order valence-electron chi connectivity index (χ1n) is 9.24. The van der Waals surface area contributed by atoms with Gasteiger partial charge in [-0.3, -0.25) is 4.79 Å². The second-order valence-electron chi connectivity index (χ2n) is 7.00. The summed E-state index contributed by atoms with van der Waals surface area (Å²) in [4.78, 5) is 23.3. The second-order valence-corrected chi connectivity index (χ2v) is 7.00. The van der Waals surface area contributed by atoms with Gasteiger partial charge in [-0.05, 0) is 18.6 Å². The topological polar surface area (TPSA) is 76.6 Å². The van der Waals surface area contributed by atoms with E-state index >= 15 is 0 Å². The highest BCUT2D eigenvalue weighted by atomic mass is 16.5. The minimum atomic E-state index is 0.0344.